The van der Waals surface area contributed by atoms with Gasteiger partial charge < -0.3 is 4.74 Å². The lowest BCUT2D eigenvalue weighted by atomic mass is 9.90. The Labute approximate surface area is 135 Å². The maximum atomic E-state index is 11.9. The Morgan fingerprint density at radius 3 is 1.96 bits per heavy atom. The molecule has 0 atom stereocenters. The Balaban J connectivity index is 2.10. The van der Waals surface area contributed by atoms with Gasteiger partial charge in [-0.15, -0.1) is 0 Å². The molecule has 2 amide bonds. The molecule has 1 aromatic carbocycles. The van der Waals surface area contributed by atoms with Crippen LogP contribution in [-0.2, 0) is 25.7 Å². The van der Waals surface area contributed by atoms with Gasteiger partial charge in [-0.3, -0.25) is 19.7 Å². The van der Waals surface area contributed by atoms with Crippen LogP contribution >= 0.6 is 0 Å². The zero-order valence-electron chi connectivity index (χ0n) is 14.1. The van der Waals surface area contributed by atoms with Crippen molar-refractivity contribution < 1.29 is 19.1 Å². The highest BCUT2D eigenvalue weighted by atomic mass is 16.5. The van der Waals surface area contributed by atoms with Crippen LogP contribution in [0.2, 0.25) is 0 Å². The highest BCUT2D eigenvalue weighted by Crippen LogP contribution is 2.26. The first-order chi connectivity index (χ1) is 10.7. The molecule has 0 bridgehead atoms. The molecule has 0 saturated carbocycles. The molecule has 5 heteroatoms. The van der Waals surface area contributed by atoms with Crippen molar-refractivity contribution in [3.8, 4) is 0 Å². The Bertz CT molecular complexity index is 715. The van der Waals surface area contributed by atoms with Gasteiger partial charge in [0, 0.05) is 11.6 Å². The maximum Gasteiger partial charge on any atom is 0.310 e. The second-order valence-electron chi connectivity index (χ2n) is 5.93. The van der Waals surface area contributed by atoms with E-state index < -0.39 is 17.8 Å². The largest absolute Gasteiger partial charge is 0.461 e. The smallest absolute Gasteiger partial charge is 0.310 e. The van der Waals surface area contributed by atoms with Gasteiger partial charge >= 0.3 is 5.97 Å². The number of imide groups is 1. The number of amides is 2. The Kier molecular flexibility index (Phi) is 4.68. The van der Waals surface area contributed by atoms with Gasteiger partial charge in [-0.05, 0) is 68.0 Å². The molecule has 1 aromatic rings. The Hall–Kier alpha value is -2.43. The summed E-state index contributed by atoms with van der Waals surface area (Å²) in [4.78, 5) is 34.4. The van der Waals surface area contributed by atoms with Crippen LogP contribution in [0.25, 0.3) is 0 Å². The molecule has 1 aliphatic heterocycles. The lowest BCUT2D eigenvalue weighted by Gasteiger charge is -2.18. The minimum Gasteiger partial charge on any atom is -0.461 e. The van der Waals surface area contributed by atoms with Crippen molar-refractivity contribution in [3.05, 3.63) is 45.0 Å². The van der Waals surface area contributed by atoms with Crippen molar-refractivity contribution >= 4 is 17.8 Å². The number of ether oxygens (including phenoxy) is 1. The van der Waals surface area contributed by atoms with Gasteiger partial charge in [0.05, 0.1) is 6.42 Å². The van der Waals surface area contributed by atoms with E-state index in [1.165, 1.54) is 16.7 Å². The van der Waals surface area contributed by atoms with Crippen LogP contribution in [-0.4, -0.2) is 17.8 Å². The van der Waals surface area contributed by atoms with E-state index >= 15 is 0 Å². The lowest BCUT2D eigenvalue weighted by Crippen LogP contribution is -2.23. The first kappa shape index (κ1) is 16.9. The third-order valence-electron chi connectivity index (χ3n) is 4.70. The fourth-order valence-corrected chi connectivity index (χ4v) is 2.74. The van der Waals surface area contributed by atoms with Crippen LogP contribution in [0.4, 0.5) is 0 Å². The number of carbonyl (C=O) groups excluding carboxylic acids is 3. The molecule has 5 nitrogen and oxygen atoms in total. The number of esters is 1. The number of benzene rings is 1. The van der Waals surface area contributed by atoms with Crippen molar-refractivity contribution in [1.82, 2.24) is 5.32 Å². The van der Waals surface area contributed by atoms with Crippen LogP contribution in [0.5, 0.6) is 0 Å². The standard InChI is InChI=1S/C18H21NO4/c1-9-10(2)12(4)15(13(5)11(9)3)8-23-17(21)7-14-6-16(20)19-18(14)22/h6H,7-8H2,1-5H3,(H,19,20,22). The minimum atomic E-state index is -0.527. The van der Waals surface area contributed by atoms with Gasteiger partial charge in [0.2, 0.25) is 0 Å². The summed E-state index contributed by atoms with van der Waals surface area (Å²) in [5.41, 5.74) is 7.02. The van der Waals surface area contributed by atoms with Gasteiger partial charge in [-0.1, -0.05) is 0 Å². The molecule has 0 saturated heterocycles. The topological polar surface area (TPSA) is 72.5 Å². The number of hydrogen-bond donors (Lipinski definition) is 1. The summed E-state index contributed by atoms with van der Waals surface area (Å²) in [6, 6.07) is 0. The van der Waals surface area contributed by atoms with E-state index in [4.69, 9.17) is 4.74 Å². The van der Waals surface area contributed by atoms with Gasteiger partial charge in [-0.25, -0.2) is 0 Å². The predicted molar refractivity (Wildman–Crippen MR) is 85.8 cm³/mol. The SMILES string of the molecule is Cc1c(C)c(C)c(COC(=O)CC2=CC(=O)NC2=O)c(C)c1C. The Morgan fingerprint density at radius 1 is 0.957 bits per heavy atom. The summed E-state index contributed by atoms with van der Waals surface area (Å²) >= 11 is 0. The molecule has 0 spiro atoms. The molecule has 1 heterocycles. The number of carbonyl (C=O) groups is 3. The van der Waals surface area contributed by atoms with Crippen molar-refractivity contribution in [2.45, 2.75) is 47.6 Å². The van der Waals surface area contributed by atoms with Gasteiger partial charge in [-0.2, -0.15) is 0 Å². The molecule has 0 radical (unpaired) electrons. The highest BCUT2D eigenvalue weighted by molar-refractivity contribution is 6.17. The summed E-state index contributed by atoms with van der Waals surface area (Å²) in [7, 11) is 0. The first-order valence-corrected chi connectivity index (χ1v) is 7.49. The normalized spacial score (nSPS) is 13.9. The molecular formula is C18H21NO4. The second-order valence-corrected chi connectivity index (χ2v) is 5.93. The van der Waals surface area contributed by atoms with Crippen LogP contribution < -0.4 is 5.32 Å². The van der Waals surface area contributed by atoms with E-state index in [2.05, 4.69) is 26.1 Å². The van der Waals surface area contributed by atoms with Crippen molar-refractivity contribution in [1.29, 1.82) is 0 Å². The van der Waals surface area contributed by atoms with E-state index in [0.29, 0.717) is 0 Å². The molecule has 0 unspecified atom stereocenters. The van der Waals surface area contributed by atoms with Crippen molar-refractivity contribution in [2.75, 3.05) is 0 Å². The molecule has 1 aliphatic rings. The molecule has 122 valence electrons. The molecule has 0 aliphatic carbocycles. The number of nitrogens with one attached hydrogen (secondary N) is 1. The minimum absolute atomic E-state index is 0.143. The first-order valence-electron chi connectivity index (χ1n) is 7.49. The zero-order valence-corrected chi connectivity index (χ0v) is 14.1. The van der Waals surface area contributed by atoms with Crippen LogP contribution in [0, 0.1) is 34.6 Å². The van der Waals surface area contributed by atoms with Gasteiger partial charge in [0.1, 0.15) is 6.61 Å². The second kappa shape index (κ2) is 6.36. The number of rotatable bonds is 4. The summed E-state index contributed by atoms with van der Waals surface area (Å²) < 4.78 is 5.31. The molecular weight excluding hydrogens is 294 g/mol. The molecule has 0 fully saturated rings. The summed E-state index contributed by atoms with van der Waals surface area (Å²) in [6.07, 6.45) is 0.944. The van der Waals surface area contributed by atoms with Crippen LogP contribution in [0.15, 0.2) is 11.6 Å². The third kappa shape index (κ3) is 3.33. The zero-order chi connectivity index (χ0) is 17.3. The van der Waals surface area contributed by atoms with Gasteiger partial charge in [0.15, 0.2) is 0 Å². The van der Waals surface area contributed by atoms with Crippen LogP contribution in [0.3, 0.4) is 0 Å². The van der Waals surface area contributed by atoms with E-state index in [9.17, 15) is 14.4 Å². The monoisotopic (exact) mass is 315 g/mol. The molecule has 2 rings (SSSR count). The fourth-order valence-electron chi connectivity index (χ4n) is 2.74. The number of hydrogen-bond acceptors (Lipinski definition) is 4. The molecule has 0 aromatic heterocycles. The molecule has 23 heavy (non-hydrogen) atoms. The van der Waals surface area contributed by atoms with Gasteiger partial charge in [0.25, 0.3) is 11.8 Å². The summed E-state index contributed by atoms with van der Waals surface area (Å²) in [6.45, 7) is 10.4. The van der Waals surface area contributed by atoms with E-state index in [-0.39, 0.29) is 18.6 Å². The quantitative estimate of drug-likeness (QED) is 0.683. The predicted octanol–water partition coefficient (Wildman–Crippen LogP) is 2.24. The highest BCUT2D eigenvalue weighted by Gasteiger charge is 2.23. The summed E-state index contributed by atoms with van der Waals surface area (Å²) in [5.74, 6) is -1.54. The van der Waals surface area contributed by atoms with E-state index in [1.807, 2.05) is 13.8 Å². The maximum absolute atomic E-state index is 11.9. The average Bonchev–Trinajstić information content (AvgIpc) is 2.80. The fraction of sp³-hybridized carbons (Fsp3) is 0.389. The van der Waals surface area contributed by atoms with Crippen molar-refractivity contribution in [2.24, 2.45) is 0 Å². The van der Waals surface area contributed by atoms with Crippen molar-refractivity contribution in [3.63, 3.8) is 0 Å². The third-order valence-corrected chi connectivity index (χ3v) is 4.70. The average molecular weight is 315 g/mol. The molecule has 1 N–H and O–H groups in total. The van der Waals surface area contributed by atoms with Crippen LogP contribution in [0.1, 0.15) is 39.8 Å². The summed E-state index contributed by atoms with van der Waals surface area (Å²) in [5, 5.41) is 2.11. The lowest BCUT2D eigenvalue weighted by molar-refractivity contribution is -0.144. The van der Waals surface area contributed by atoms with E-state index in [0.717, 1.165) is 22.8 Å². The Morgan fingerprint density at radius 2 is 1.48 bits per heavy atom. The van der Waals surface area contributed by atoms with E-state index in [1.54, 1.807) is 0 Å².